The SMILES string of the molecule is O=C(O)Cc1ccc(NC(=O)CC2CCCCO2)cn1. The Kier molecular flexibility index (Phi) is 5.06. The number of carboxylic acids is 1. The first kappa shape index (κ1) is 14.5. The largest absolute Gasteiger partial charge is 0.481 e. The molecule has 1 aromatic heterocycles. The van der Waals surface area contributed by atoms with Crippen LogP contribution >= 0.6 is 0 Å². The maximum absolute atomic E-state index is 11.8. The lowest BCUT2D eigenvalue weighted by atomic mass is 10.1. The second-order valence-electron chi connectivity index (χ2n) is 4.85. The number of pyridine rings is 1. The molecule has 1 aliphatic rings. The third-order valence-electron chi connectivity index (χ3n) is 3.13. The van der Waals surface area contributed by atoms with Crippen LogP contribution in [0.2, 0.25) is 0 Å². The fourth-order valence-corrected chi connectivity index (χ4v) is 2.15. The van der Waals surface area contributed by atoms with Crippen molar-refractivity contribution >= 4 is 17.6 Å². The van der Waals surface area contributed by atoms with Crippen molar-refractivity contribution in [1.29, 1.82) is 0 Å². The summed E-state index contributed by atoms with van der Waals surface area (Å²) in [7, 11) is 0. The normalized spacial score (nSPS) is 18.5. The molecule has 1 aromatic rings. The summed E-state index contributed by atoms with van der Waals surface area (Å²) in [6.07, 6.45) is 4.78. The third-order valence-corrected chi connectivity index (χ3v) is 3.13. The van der Waals surface area contributed by atoms with Crippen LogP contribution in [0.5, 0.6) is 0 Å². The van der Waals surface area contributed by atoms with Gasteiger partial charge in [-0.05, 0) is 31.4 Å². The van der Waals surface area contributed by atoms with Gasteiger partial charge in [0.15, 0.2) is 0 Å². The number of carbonyl (C=O) groups is 2. The van der Waals surface area contributed by atoms with E-state index < -0.39 is 5.97 Å². The molecule has 1 fully saturated rings. The van der Waals surface area contributed by atoms with E-state index in [9.17, 15) is 9.59 Å². The molecule has 2 heterocycles. The third kappa shape index (κ3) is 4.62. The molecular formula is C14H18N2O4. The van der Waals surface area contributed by atoms with E-state index in [1.165, 1.54) is 6.20 Å². The van der Waals surface area contributed by atoms with Crippen molar-refractivity contribution in [3.05, 3.63) is 24.0 Å². The zero-order valence-corrected chi connectivity index (χ0v) is 11.2. The van der Waals surface area contributed by atoms with Gasteiger partial charge in [0.1, 0.15) is 0 Å². The quantitative estimate of drug-likeness (QED) is 0.854. The Hall–Kier alpha value is -1.95. The molecular weight excluding hydrogens is 260 g/mol. The van der Waals surface area contributed by atoms with Gasteiger partial charge >= 0.3 is 5.97 Å². The number of ether oxygens (including phenoxy) is 1. The molecule has 20 heavy (non-hydrogen) atoms. The van der Waals surface area contributed by atoms with Crippen LogP contribution in [0.15, 0.2) is 18.3 Å². The average molecular weight is 278 g/mol. The van der Waals surface area contributed by atoms with E-state index in [1.807, 2.05) is 0 Å². The van der Waals surface area contributed by atoms with Gasteiger partial charge in [-0.3, -0.25) is 14.6 Å². The summed E-state index contributed by atoms with van der Waals surface area (Å²) in [5, 5.41) is 11.4. The minimum Gasteiger partial charge on any atom is -0.481 e. The van der Waals surface area contributed by atoms with Gasteiger partial charge in [-0.1, -0.05) is 0 Å². The van der Waals surface area contributed by atoms with Gasteiger partial charge in [0.25, 0.3) is 0 Å². The Balaban J connectivity index is 1.82. The number of aliphatic carboxylic acids is 1. The Morgan fingerprint density at radius 1 is 1.40 bits per heavy atom. The molecule has 0 aromatic carbocycles. The van der Waals surface area contributed by atoms with Crippen LogP contribution in [0.1, 0.15) is 31.4 Å². The highest BCUT2D eigenvalue weighted by Crippen LogP contribution is 2.16. The standard InChI is InChI=1S/C14H18N2O4/c17-13(8-12-3-1-2-6-20-12)16-11-5-4-10(15-9-11)7-14(18)19/h4-5,9,12H,1-3,6-8H2,(H,16,17)(H,18,19). The van der Waals surface area contributed by atoms with E-state index in [-0.39, 0.29) is 18.4 Å². The van der Waals surface area contributed by atoms with E-state index in [2.05, 4.69) is 10.3 Å². The summed E-state index contributed by atoms with van der Waals surface area (Å²) >= 11 is 0. The summed E-state index contributed by atoms with van der Waals surface area (Å²) in [6, 6.07) is 3.26. The van der Waals surface area contributed by atoms with Crippen molar-refractivity contribution in [2.45, 2.75) is 38.2 Å². The molecule has 108 valence electrons. The number of rotatable bonds is 5. The number of aromatic nitrogens is 1. The molecule has 0 bridgehead atoms. The average Bonchev–Trinajstić information content (AvgIpc) is 2.41. The number of nitrogens with zero attached hydrogens (tertiary/aromatic N) is 1. The maximum Gasteiger partial charge on any atom is 0.309 e. The van der Waals surface area contributed by atoms with Crippen molar-refractivity contribution in [2.75, 3.05) is 11.9 Å². The molecule has 2 rings (SSSR count). The number of anilines is 1. The molecule has 1 saturated heterocycles. The van der Waals surface area contributed by atoms with Crippen LogP contribution in [0.3, 0.4) is 0 Å². The molecule has 6 heteroatoms. The van der Waals surface area contributed by atoms with Crippen LogP contribution in [0.25, 0.3) is 0 Å². The summed E-state index contributed by atoms with van der Waals surface area (Å²) in [5.41, 5.74) is 1.03. The second kappa shape index (κ2) is 7.00. The van der Waals surface area contributed by atoms with Crippen LogP contribution in [-0.4, -0.2) is 34.7 Å². The van der Waals surface area contributed by atoms with Crippen molar-refractivity contribution in [2.24, 2.45) is 0 Å². The summed E-state index contributed by atoms with van der Waals surface area (Å²) in [5.74, 6) is -1.03. The lowest BCUT2D eigenvalue weighted by molar-refractivity contribution is -0.136. The number of carboxylic acid groups (broad SMARTS) is 1. The number of nitrogens with one attached hydrogen (secondary N) is 1. The van der Waals surface area contributed by atoms with E-state index in [0.717, 1.165) is 25.9 Å². The first-order valence-corrected chi connectivity index (χ1v) is 6.71. The van der Waals surface area contributed by atoms with Gasteiger partial charge in [-0.25, -0.2) is 0 Å². The Morgan fingerprint density at radius 2 is 2.25 bits per heavy atom. The van der Waals surface area contributed by atoms with Gasteiger partial charge in [0.2, 0.25) is 5.91 Å². The predicted octanol–water partition coefficient (Wildman–Crippen LogP) is 1.61. The molecule has 1 unspecified atom stereocenters. The van der Waals surface area contributed by atoms with E-state index >= 15 is 0 Å². The van der Waals surface area contributed by atoms with Gasteiger partial charge in [0, 0.05) is 6.61 Å². The number of amides is 1. The minimum atomic E-state index is -0.927. The fraction of sp³-hybridized carbons (Fsp3) is 0.500. The second-order valence-corrected chi connectivity index (χ2v) is 4.85. The van der Waals surface area contributed by atoms with Crippen LogP contribution in [0.4, 0.5) is 5.69 Å². The Bertz CT molecular complexity index is 467. The zero-order chi connectivity index (χ0) is 14.4. The lowest BCUT2D eigenvalue weighted by Crippen LogP contribution is -2.25. The summed E-state index contributed by atoms with van der Waals surface area (Å²) in [6.45, 7) is 0.726. The summed E-state index contributed by atoms with van der Waals surface area (Å²) in [4.78, 5) is 26.4. The molecule has 1 atom stereocenters. The molecule has 2 N–H and O–H groups in total. The first-order chi connectivity index (χ1) is 9.63. The van der Waals surface area contributed by atoms with E-state index in [0.29, 0.717) is 17.8 Å². The van der Waals surface area contributed by atoms with Crippen LogP contribution < -0.4 is 5.32 Å². The number of carbonyl (C=O) groups excluding carboxylic acids is 1. The van der Waals surface area contributed by atoms with Crippen molar-refractivity contribution in [3.8, 4) is 0 Å². The van der Waals surface area contributed by atoms with Crippen molar-refractivity contribution in [1.82, 2.24) is 4.98 Å². The molecule has 0 aliphatic carbocycles. The monoisotopic (exact) mass is 278 g/mol. The smallest absolute Gasteiger partial charge is 0.309 e. The molecule has 1 aliphatic heterocycles. The van der Waals surface area contributed by atoms with E-state index in [1.54, 1.807) is 12.1 Å². The van der Waals surface area contributed by atoms with Gasteiger partial charge in [0.05, 0.1) is 36.5 Å². The molecule has 0 saturated carbocycles. The maximum atomic E-state index is 11.8. The predicted molar refractivity (Wildman–Crippen MR) is 72.4 cm³/mol. The molecule has 6 nitrogen and oxygen atoms in total. The lowest BCUT2D eigenvalue weighted by Gasteiger charge is -2.21. The van der Waals surface area contributed by atoms with Gasteiger partial charge in [-0.15, -0.1) is 0 Å². The highest BCUT2D eigenvalue weighted by Gasteiger charge is 2.17. The minimum absolute atomic E-state index is 0.00277. The first-order valence-electron chi connectivity index (χ1n) is 6.71. The fourth-order valence-electron chi connectivity index (χ4n) is 2.15. The number of hydrogen-bond donors (Lipinski definition) is 2. The summed E-state index contributed by atoms with van der Waals surface area (Å²) < 4.78 is 5.51. The Labute approximate surface area is 117 Å². The number of hydrogen-bond acceptors (Lipinski definition) is 4. The molecule has 1 amide bonds. The zero-order valence-electron chi connectivity index (χ0n) is 11.2. The highest BCUT2D eigenvalue weighted by molar-refractivity contribution is 5.90. The Morgan fingerprint density at radius 3 is 2.85 bits per heavy atom. The molecule has 0 spiro atoms. The van der Waals surface area contributed by atoms with Crippen molar-refractivity contribution < 1.29 is 19.4 Å². The molecule has 0 radical (unpaired) electrons. The topological polar surface area (TPSA) is 88.5 Å². The highest BCUT2D eigenvalue weighted by atomic mass is 16.5. The van der Waals surface area contributed by atoms with Crippen LogP contribution in [-0.2, 0) is 20.7 Å². The van der Waals surface area contributed by atoms with E-state index in [4.69, 9.17) is 9.84 Å². The van der Waals surface area contributed by atoms with Gasteiger partial charge < -0.3 is 15.2 Å². The van der Waals surface area contributed by atoms with Gasteiger partial charge in [-0.2, -0.15) is 0 Å². The van der Waals surface area contributed by atoms with Crippen LogP contribution in [0, 0.1) is 0 Å². The van der Waals surface area contributed by atoms with Crippen molar-refractivity contribution in [3.63, 3.8) is 0 Å².